The van der Waals surface area contributed by atoms with Gasteiger partial charge in [-0.1, -0.05) is 30.3 Å². The van der Waals surface area contributed by atoms with Gasteiger partial charge in [0.1, 0.15) is 17.9 Å². The van der Waals surface area contributed by atoms with Gasteiger partial charge in [-0.2, -0.15) is 0 Å². The van der Waals surface area contributed by atoms with Gasteiger partial charge in [0, 0.05) is 34.3 Å². The van der Waals surface area contributed by atoms with Gasteiger partial charge in [0.2, 0.25) is 5.91 Å². The first-order valence-corrected chi connectivity index (χ1v) is 11.1. The topological polar surface area (TPSA) is 107 Å². The molecule has 2 N–H and O–H groups in total. The third kappa shape index (κ3) is 5.50. The van der Waals surface area contributed by atoms with Crippen molar-refractivity contribution < 1.29 is 23.9 Å². The average molecular weight is 455 g/mol. The van der Waals surface area contributed by atoms with E-state index in [0.717, 1.165) is 22.3 Å². The number of benzene rings is 1. The van der Waals surface area contributed by atoms with E-state index in [0.29, 0.717) is 11.1 Å². The number of thiophene rings is 1. The number of ether oxygens (including phenoxy) is 1. The van der Waals surface area contributed by atoms with Crippen molar-refractivity contribution in [1.29, 1.82) is 0 Å². The standard InChI is InChI=1S/C24H26N2O5S/c1-24(2,3)31-21(28)11-9-19(22(25)29)26-12-17-18(23(26)30)14-32-20(17)10-8-15-4-6-16(13-27)7-5-15/h4-8,10,13-14,19H,9,11-12H2,1-3H3,(H2,25,29). The highest BCUT2D eigenvalue weighted by atomic mass is 32.1. The summed E-state index contributed by atoms with van der Waals surface area (Å²) in [5.41, 5.74) is 7.86. The molecule has 1 atom stereocenters. The maximum atomic E-state index is 12.9. The Hall–Kier alpha value is -3.26. The lowest BCUT2D eigenvalue weighted by molar-refractivity contribution is -0.155. The van der Waals surface area contributed by atoms with E-state index in [-0.39, 0.29) is 25.3 Å². The molecule has 1 unspecified atom stereocenters. The summed E-state index contributed by atoms with van der Waals surface area (Å²) in [6, 6.07) is 6.26. The summed E-state index contributed by atoms with van der Waals surface area (Å²) in [7, 11) is 0. The second-order valence-corrected chi connectivity index (χ2v) is 9.50. The minimum atomic E-state index is -0.889. The number of carbonyl (C=O) groups is 4. The van der Waals surface area contributed by atoms with Crippen molar-refractivity contribution in [2.24, 2.45) is 5.73 Å². The number of nitrogens with two attached hydrogens (primary N) is 1. The Morgan fingerprint density at radius 2 is 1.84 bits per heavy atom. The summed E-state index contributed by atoms with van der Waals surface area (Å²) in [5.74, 6) is -1.35. The lowest BCUT2D eigenvalue weighted by Crippen LogP contribution is -2.45. The van der Waals surface area contributed by atoms with Crippen LogP contribution in [0, 0.1) is 0 Å². The SMILES string of the molecule is CC(C)(C)OC(=O)CCC(C(N)=O)N1Cc2c(csc2C=Cc2ccc(C=O)cc2)C1=O. The number of hydrogen-bond acceptors (Lipinski definition) is 6. The number of fused-ring (bicyclic) bond motifs is 1. The summed E-state index contributed by atoms with van der Waals surface area (Å²) in [6.45, 7) is 5.56. The molecular formula is C24H26N2O5S. The molecule has 8 heteroatoms. The summed E-state index contributed by atoms with van der Waals surface area (Å²) >= 11 is 1.45. The molecule has 0 radical (unpaired) electrons. The molecule has 0 saturated heterocycles. The van der Waals surface area contributed by atoms with Crippen LogP contribution < -0.4 is 5.73 Å². The van der Waals surface area contributed by atoms with Gasteiger partial charge in [-0.25, -0.2) is 0 Å². The van der Waals surface area contributed by atoms with Gasteiger partial charge in [-0.3, -0.25) is 19.2 Å². The van der Waals surface area contributed by atoms with Crippen molar-refractivity contribution in [3.05, 3.63) is 56.8 Å². The minimum Gasteiger partial charge on any atom is -0.460 e. The van der Waals surface area contributed by atoms with Gasteiger partial charge < -0.3 is 15.4 Å². The highest BCUT2D eigenvalue weighted by molar-refractivity contribution is 7.11. The fourth-order valence-electron chi connectivity index (χ4n) is 3.48. The Kier molecular flexibility index (Phi) is 6.93. The lowest BCUT2D eigenvalue weighted by Gasteiger charge is -2.26. The highest BCUT2D eigenvalue weighted by Gasteiger charge is 2.37. The van der Waals surface area contributed by atoms with Gasteiger partial charge in [0.05, 0.1) is 5.56 Å². The van der Waals surface area contributed by atoms with Crippen LogP contribution in [0.2, 0.25) is 0 Å². The van der Waals surface area contributed by atoms with Crippen LogP contribution >= 0.6 is 11.3 Å². The summed E-state index contributed by atoms with van der Waals surface area (Å²) in [6.07, 6.45) is 4.71. The number of rotatable bonds is 8. The maximum Gasteiger partial charge on any atom is 0.306 e. The molecule has 2 heterocycles. The fourth-order valence-corrected chi connectivity index (χ4v) is 4.44. The molecule has 0 fully saturated rings. The number of esters is 1. The molecule has 168 valence electrons. The number of hydrogen-bond donors (Lipinski definition) is 1. The van der Waals surface area contributed by atoms with Gasteiger partial charge in [0.25, 0.3) is 5.91 Å². The first kappa shape index (κ1) is 23.4. The molecule has 1 aromatic heterocycles. The molecule has 2 amide bonds. The van der Waals surface area contributed by atoms with E-state index >= 15 is 0 Å². The van der Waals surface area contributed by atoms with E-state index in [2.05, 4.69) is 0 Å². The molecule has 0 saturated carbocycles. The van der Waals surface area contributed by atoms with Crippen LogP contribution in [0.15, 0.2) is 29.6 Å². The summed E-state index contributed by atoms with van der Waals surface area (Å²) in [5, 5.41) is 1.78. The average Bonchev–Trinajstić information content (AvgIpc) is 3.26. The zero-order valence-electron chi connectivity index (χ0n) is 18.3. The van der Waals surface area contributed by atoms with Crippen molar-refractivity contribution in [3.63, 3.8) is 0 Å². The fraction of sp³-hybridized carbons (Fsp3) is 0.333. The molecule has 0 aliphatic carbocycles. The maximum absolute atomic E-state index is 12.9. The number of primary amides is 1. The Morgan fingerprint density at radius 1 is 1.19 bits per heavy atom. The Bertz CT molecular complexity index is 1060. The van der Waals surface area contributed by atoms with E-state index in [4.69, 9.17) is 10.5 Å². The number of amides is 2. The highest BCUT2D eigenvalue weighted by Crippen LogP contribution is 2.34. The zero-order valence-corrected chi connectivity index (χ0v) is 19.1. The van der Waals surface area contributed by atoms with Crippen LogP contribution in [-0.2, 0) is 20.9 Å². The molecule has 7 nitrogen and oxygen atoms in total. The van der Waals surface area contributed by atoms with Crippen molar-refractivity contribution in [2.75, 3.05) is 0 Å². The summed E-state index contributed by atoms with van der Waals surface area (Å²) < 4.78 is 5.29. The Balaban J connectivity index is 1.72. The summed E-state index contributed by atoms with van der Waals surface area (Å²) in [4.78, 5) is 50.2. The van der Waals surface area contributed by atoms with Gasteiger partial charge in [0.15, 0.2) is 0 Å². The first-order chi connectivity index (χ1) is 15.1. The van der Waals surface area contributed by atoms with Gasteiger partial charge >= 0.3 is 5.97 Å². The van der Waals surface area contributed by atoms with Crippen LogP contribution in [0.1, 0.15) is 70.3 Å². The molecular weight excluding hydrogens is 428 g/mol. The molecule has 32 heavy (non-hydrogen) atoms. The second-order valence-electron chi connectivity index (χ2n) is 8.59. The van der Waals surface area contributed by atoms with E-state index < -0.39 is 23.5 Å². The third-order valence-electron chi connectivity index (χ3n) is 4.99. The molecule has 2 aromatic rings. The number of carbonyl (C=O) groups excluding carboxylic acids is 4. The van der Waals surface area contributed by atoms with Crippen LogP contribution in [-0.4, -0.2) is 40.6 Å². The van der Waals surface area contributed by atoms with Crippen molar-refractivity contribution >= 4 is 47.6 Å². The van der Waals surface area contributed by atoms with Crippen molar-refractivity contribution in [2.45, 2.75) is 51.8 Å². The first-order valence-electron chi connectivity index (χ1n) is 10.2. The van der Waals surface area contributed by atoms with Crippen LogP contribution in [0.3, 0.4) is 0 Å². The second kappa shape index (κ2) is 9.48. The minimum absolute atomic E-state index is 0.00888. The zero-order chi connectivity index (χ0) is 23.5. The van der Waals surface area contributed by atoms with E-state index in [1.807, 2.05) is 24.3 Å². The Morgan fingerprint density at radius 3 is 2.44 bits per heavy atom. The number of aldehydes is 1. The normalized spacial score (nSPS) is 14.5. The molecule has 0 bridgehead atoms. The van der Waals surface area contributed by atoms with Crippen LogP contribution in [0.5, 0.6) is 0 Å². The lowest BCUT2D eigenvalue weighted by atomic mass is 10.1. The van der Waals surface area contributed by atoms with E-state index in [1.54, 1.807) is 38.3 Å². The quantitative estimate of drug-likeness (QED) is 0.484. The van der Waals surface area contributed by atoms with Crippen LogP contribution in [0.25, 0.3) is 12.2 Å². The smallest absolute Gasteiger partial charge is 0.306 e. The number of nitrogens with zero attached hydrogens (tertiary/aromatic N) is 1. The van der Waals surface area contributed by atoms with Gasteiger partial charge in [-0.15, -0.1) is 11.3 Å². The van der Waals surface area contributed by atoms with Crippen LogP contribution in [0.4, 0.5) is 0 Å². The predicted octanol–water partition coefficient (Wildman–Crippen LogP) is 3.66. The predicted molar refractivity (Wildman–Crippen MR) is 123 cm³/mol. The van der Waals surface area contributed by atoms with Gasteiger partial charge in [-0.05, 0) is 38.8 Å². The van der Waals surface area contributed by atoms with E-state index in [9.17, 15) is 19.2 Å². The Labute approximate surface area is 190 Å². The third-order valence-corrected chi connectivity index (χ3v) is 5.98. The van der Waals surface area contributed by atoms with Crippen molar-refractivity contribution in [3.8, 4) is 0 Å². The largest absolute Gasteiger partial charge is 0.460 e. The monoisotopic (exact) mass is 454 g/mol. The molecule has 0 spiro atoms. The van der Waals surface area contributed by atoms with E-state index in [1.165, 1.54) is 16.2 Å². The molecule has 1 aliphatic heterocycles. The molecule has 1 aliphatic rings. The van der Waals surface area contributed by atoms with Crippen molar-refractivity contribution in [1.82, 2.24) is 4.90 Å². The molecule has 3 rings (SSSR count). The molecule has 1 aromatic carbocycles.